The first kappa shape index (κ1) is 25.5. The van der Waals surface area contributed by atoms with Crippen LogP contribution in [0, 0.1) is 41.0 Å². The summed E-state index contributed by atoms with van der Waals surface area (Å²) < 4.78 is 56.7. The van der Waals surface area contributed by atoms with Gasteiger partial charge in [0.25, 0.3) is 0 Å². The number of carbonyl (C=O) groups excluding carboxylic acids is 1. The van der Waals surface area contributed by atoms with E-state index < -0.39 is 52.5 Å². The molecule has 0 spiro atoms. The predicted octanol–water partition coefficient (Wildman–Crippen LogP) is 3.97. The smallest absolute Gasteiger partial charge is 0.227 e. The monoisotopic (exact) mass is 486 g/mol. The van der Waals surface area contributed by atoms with E-state index >= 15 is 0 Å². The zero-order chi connectivity index (χ0) is 23.2. The van der Waals surface area contributed by atoms with Crippen molar-refractivity contribution in [2.75, 3.05) is 26.2 Å². The summed E-state index contributed by atoms with van der Waals surface area (Å²) in [5.41, 5.74) is -1.87. The molecule has 0 bridgehead atoms. The highest BCUT2D eigenvalue weighted by molar-refractivity contribution is 5.85. The molecule has 2 aromatic carbocycles. The Hall–Kier alpha value is -2.16. The van der Waals surface area contributed by atoms with E-state index in [1.54, 1.807) is 18.7 Å². The number of amides is 1. The van der Waals surface area contributed by atoms with Gasteiger partial charge < -0.3 is 15.3 Å². The second-order valence-corrected chi connectivity index (χ2v) is 9.00. The van der Waals surface area contributed by atoms with Crippen LogP contribution in [0.5, 0.6) is 0 Å². The average Bonchev–Trinajstić information content (AvgIpc) is 3.20. The number of benzene rings is 2. The van der Waals surface area contributed by atoms with E-state index in [1.807, 2.05) is 0 Å². The summed E-state index contributed by atoms with van der Waals surface area (Å²) in [6.07, 6.45) is 0. The lowest BCUT2D eigenvalue weighted by Gasteiger charge is -2.48. The minimum absolute atomic E-state index is 0. The number of hydrogen-bond donors (Lipinski definition) is 2. The van der Waals surface area contributed by atoms with Crippen LogP contribution in [0.15, 0.2) is 36.4 Å². The summed E-state index contributed by atoms with van der Waals surface area (Å²) in [5, 5.41) is 14.5. The number of aliphatic hydroxyl groups is 1. The molecule has 4 nitrogen and oxygen atoms in total. The fourth-order valence-electron chi connectivity index (χ4n) is 5.35. The van der Waals surface area contributed by atoms with E-state index in [4.69, 9.17) is 0 Å². The van der Waals surface area contributed by atoms with Crippen LogP contribution in [0.4, 0.5) is 17.6 Å². The molecule has 0 aromatic heterocycles. The van der Waals surface area contributed by atoms with Crippen molar-refractivity contribution in [2.24, 2.45) is 17.8 Å². The number of piperidine rings is 1. The normalized spacial score (nSPS) is 29.6. The molecule has 2 heterocycles. The molecule has 180 valence electrons. The van der Waals surface area contributed by atoms with Crippen LogP contribution in [0.1, 0.15) is 30.9 Å². The highest BCUT2D eigenvalue weighted by Gasteiger charge is 2.50. The maximum atomic E-state index is 14.5. The lowest BCUT2D eigenvalue weighted by molar-refractivity contribution is -0.153. The molecule has 0 aliphatic carbocycles. The van der Waals surface area contributed by atoms with Crippen molar-refractivity contribution in [3.63, 3.8) is 0 Å². The van der Waals surface area contributed by atoms with Crippen LogP contribution in [0.3, 0.4) is 0 Å². The molecule has 33 heavy (non-hydrogen) atoms. The summed E-state index contributed by atoms with van der Waals surface area (Å²) in [6, 6.07) is 6.81. The molecule has 2 saturated heterocycles. The van der Waals surface area contributed by atoms with E-state index in [2.05, 4.69) is 5.32 Å². The lowest BCUT2D eigenvalue weighted by Crippen LogP contribution is -2.57. The number of rotatable bonds is 3. The molecule has 2 aromatic rings. The second-order valence-electron chi connectivity index (χ2n) is 9.00. The van der Waals surface area contributed by atoms with Gasteiger partial charge in [-0.25, -0.2) is 17.6 Å². The molecule has 2 unspecified atom stereocenters. The number of halogens is 5. The highest BCUT2D eigenvalue weighted by atomic mass is 35.5. The van der Waals surface area contributed by atoms with Gasteiger partial charge in [-0.15, -0.1) is 12.4 Å². The molecular formula is C24H27ClF4N2O2. The van der Waals surface area contributed by atoms with Gasteiger partial charge in [-0.05, 0) is 23.8 Å². The van der Waals surface area contributed by atoms with Gasteiger partial charge in [0, 0.05) is 50.0 Å². The topological polar surface area (TPSA) is 52.6 Å². The van der Waals surface area contributed by atoms with Crippen LogP contribution in [-0.4, -0.2) is 42.1 Å². The standard InChI is InChI=1S/C24H26F4N2O2.ClH/c1-13-11-30(12-14(2)24(13,32)22-19(26)4-3-5-20(22)27)23(31)18-10-29-9-17(18)16-7-6-15(25)8-21(16)28;/h3-8,13-14,17-18,29,32H,9-12H2,1-2H3;1H/t13?,14?,17-,18+,24?;/m0./s1. The zero-order valence-corrected chi connectivity index (χ0v) is 19.1. The molecule has 4 atom stereocenters. The van der Waals surface area contributed by atoms with Gasteiger partial charge in [-0.2, -0.15) is 0 Å². The summed E-state index contributed by atoms with van der Waals surface area (Å²) in [7, 11) is 0. The Morgan fingerprint density at radius 1 is 1.00 bits per heavy atom. The maximum absolute atomic E-state index is 14.5. The SMILES string of the molecule is CC1CN(C(=O)[C@@H]2CNC[C@H]2c2ccc(F)cc2F)CC(C)C1(O)c1c(F)cccc1F.Cl. The minimum atomic E-state index is -1.78. The van der Waals surface area contributed by atoms with Crippen molar-refractivity contribution in [3.05, 3.63) is 70.8 Å². The number of hydrogen-bond acceptors (Lipinski definition) is 3. The van der Waals surface area contributed by atoms with Crippen molar-refractivity contribution >= 4 is 18.3 Å². The molecule has 2 aliphatic rings. The van der Waals surface area contributed by atoms with Crippen molar-refractivity contribution in [1.29, 1.82) is 0 Å². The van der Waals surface area contributed by atoms with Gasteiger partial charge >= 0.3 is 0 Å². The zero-order valence-electron chi connectivity index (χ0n) is 18.3. The van der Waals surface area contributed by atoms with Gasteiger partial charge in [-0.3, -0.25) is 4.79 Å². The van der Waals surface area contributed by atoms with E-state index in [0.717, 1.165) is 18.2 Å². The van der Waals surface area contributed by atoms with E-state index in [0.29, 0.717) is 13.1 Å². The van der Waals surface area contributed by atoms with Crippen molar-refractivity contribution in [2.45, 2.75) is 25.4 Å². The first-order chi connectivity index (χ1) is 15.1. The first-order valence-electron chi connectivity index (χ1n) is 10.8. The Morgan fingerprint density at radius 3 is 2.18 bits per heavy atom. The van der Waals surface area contributed by atoms with E-state index in [9.17, 15) is 27.5 Å². The van der Waals surface area contributed by atoms with E-state index in [-0.39, 0.29) is 42.5 Å². The fraction of sp³-hybridized carbons (Fsp3) is 0.458. The molecule has 2 aliphatic heterocycles. The third-order valence-electron chi connectivity index (χ3n) is 7.06. The lowest BCUT2D eigenvalue weighted by atomic mass is 9.70. The molecule has 0 saturated carbocycles. The van der Waals surface area contributed by atoms with E-state index in [1.165, 1.54) is 18.2 Å². The number of likely N-dealkylation sites (tertiary alicyclic amines) is 1. The summed E-state index contributed by atoms with van der Waals surface area (Å²) in [5.74, 6) is -5.55. The minimum Gasteiger partial charge on any atom is -0.384 e. The Morgan fingerprint density at radius 2 is 1.61 bits per heavy atom. The third-order valence-corrected chi connectivity index (χ3v) is 7.06. The van der Waals surface area contributed by atoms with Gasteiger partial charge in [0.2, 0.25) is 5.91 Å². The number of carbonyl (C=O) groups is 1. The quantitative estimate of drug-likeness (QED) is 0.646. The summed E-state index contributed by atoms with van der Waals surface area (Å²) in [6.45, 7) is 4.23. The Balaban J connectivity index is 0.00000306. The maximum Gasteiger partial charge on any atom is 0.227 e. The largest absolute Gasteiger partial charge is 0.384 e. The van der Waals surface area contributed by atoms with Crippen molar-refractivity contribution < 1.29 is 27.5 Å². The van der Waals surface area contributed by atoms with Gasteiger partial charge in [0.1, 0.15) is 28.9 Å². The molecule has 4 rings (SSSR count). The summed E-state index contributed by atoms with van der Waals surface area (Å²) >= 11 is 0. The van der Waals surface area contributed by atoms with Crippen molar-refractivity contribution in [1.82, 2.24) is 10.2 Å². The summed E-state index contributed by atoms with van der Waals surface area (Å²) in [4.78, 5) is 15.0. The molecule has 0 radical (unpaired) electrons. The molecule has 1 amide bonds. The van der Waals surface area contributed by atoms with Crippen LogP contribution in [0.2, 0.25) is 0 Å². The van der Waals surface area contributed by atoms with Gasteiger partial charge in [0.15, 0.2) is 0 Å². The Kier molecular flexibility index (Phi) is 7.41. The molecule has 9 heteroatoms. The molecule has 2 N–H and O–H groups in total. The average molecular weight is 487 g/mol. The first-order valence-corrected chi connectivity index (χ1v) is 10.8. The highest BCUT2D eigenvalue weighted by Crippen LogP contribution is 2.44. The van der Waals surface area contributed by atoms with Gasteiger partial charge in [-0.1, -0.05) is 26.0 Å². The Bertz CT molecular complexity index is 1010. The second kappa shape index (κ2) is 9.60. The van der Waals surface area contributed by atoms with Gasteiger partial charge in [0.05, 0.1) is 11.5 Å². The van der Waals surface area contributed by atoms with Crippen LogP contribution < -0.4 is 5.32 Å². The van der Waals surface area contributed by atoms with Crippen molar-refractivity contribution in [3.8, 4) is 0 Å². The van der Waals surface area contributed by atoms with Crippen LogP contribution >= 0.6 is 12.4 Å². The third kappa shape index (κ3) is 4.36. The molecule has 2 fully saturated rings. The van der Waals surface area contributed by atoms with Crippen LogP contribution in [-0.2, 0) is 10.4 Å². The predicted molar refractivity (Wildman–Crippen MR) is 118 cm³/mol. The molecular weight excluding hydrogens is 460 g/mol. The number of nitrogens with one attached hydrogen (secondary N) is 1. The Labute approximate surface area is 196 Å². The fourth-order valence-corrected chi connectivity index (χ4v) is 5.35. The number of nitrogens with zero attached hydrogens (tertiary/aromatic N) is 1. The van der Waals surface area contributed by atoms with Crippen LogP contribution in [0.25, 0.3) is 0 Å².